The minimum Gasteiger partial charge on any atom is -0.545 e. The summed E-state index contributed by atoms with van der Waals surface area (Å²) in [5, 5.41) is 12.7. The van der Waals surface area contributed by atoms with Gasteiger partial charge < -0.3 is 24.7 Å². The van der Waals surface area contributed by atoms with Crippen molar-refractivity contribution >= 4 is 17.6 Å². The molecule has 0 aliphatic carbocycles. The van der Waals surface area contributed by atoms with Gasteiger partial charge in [0.15, 0.2) is 0 Å². The van der Waals surface area contributed by atoms with Crippen LogP contribution in [0.3, 0.4) is 0 Å². The van der Waals surface area contributed by atoms with Crippen LogP contribution < -0.4 is 15.2 Å². The van der Waals surface area contributed by atoms with Gasteiger partial charge in [0.2, 0.25) is 5.91 Å². The molecule has 1 aromatic rings. The average molecular weight is 290 g/mol. The molecule has 0 unspecified atom stereocenters. The van der Waals surface area contributed by atoms with Crippen LogP contribution in [-0.2, 0) is 14.3 Å². The van der Waals surface area contributed by atoms with Gasteiger partial charge in [-0.05, 0) is 43.2 Å². The molecular weight excluding hydrogens is 274 g/mol. The van der Waals surface area contributed by atoms with Crippen molar-refractivity contribution in [1.29, 1.82) is 0 Å². The van der Waals surface area contributed by atoms with Gasteiger partial charge >= 0.3 is 0 Å². The van der Waals surface area contributed by atoms with Gasteiger partial charge in [-0.2, -0.15) is 0 Å². The number of carboxylic acids is 1. The van der Waals surface area contributed by atoms with Gasteiger partial charge in [0.05, 0.1) is 12.1 Å². The lowest BCUT2D eigenvalue weighted by Crippen LogP contribution is -2.20. The Morgan fingerprint density at radius 1 is 1.33 bits per heavy atom. The molecule has 1 fully saturated rings. The van der Waals surface area contributed by atoms with Crippen molar-refractivity contribution < 1.29 is 24.2 Å². The summed E-state index contributed by atoms with van der Waals surface area (Å²) in [5.41, 5.74) is 0.549. The summed E-state index contributed by atoms with van der Waals surface area (Å²) in [6, 6.07) is 6.81. The van der Waals surface area contributed by atoms with Crippen LogP contribution in [0.4, 0.5) is 5.69 Å². The van der Waals surface area contributed by atoms with Crippen LogP contribution in [0.15, 0.2) is 36.4 Å². The highest BCUT2D eigenvalue weighted by Gasteiger charge is 2.15. The van der Waals surface area contributed by atoms with Crippen LogP contribution in [0.25, 0.3) is 0 Å². The number of ether oxygens (including phenoxy) is 2. The van der Waals surface area contributed by atoms with Crippen LogP contribution in [0.5, 0.6) is 5.75 Å². The van der Waals surface area contributed by atoms with Gasteiger partial charge in [-0.3, -0.25) is 4.79 Å². The maximum atomic E-state index is 11.4. The zero-order chi connectivity index (χ0) is 15.1. The number of hydrogen-bond acceptors (Lipinski definition) is 5. The molecule has 1 amide bonds. The fourth-order valence-corrected chi connectivity index (χ4v) is 1.93. The Balaban J connectivity index is 1.80. The molecule has 6 nitrogen and oxygen atoms in total. The number of carbonyl (C=O) groups is 2. The molecule has 1 aromatic carbocycles. The predicted molar refractivity (Wildman–Crippen MR) is 73.7 cm³/mol. The largest absolute Gasteiger partial charge is 0.545 e. The molecule has 1 heterocycles. The number of nitrogens with one attached hydrogen (secondary N) is 1. The van der Waals surface area contributed by atoms with E-state index in [0.29, 0.717) is 24.1 Å². The second kappa shape index (κ2) is 7.44. The van der Waals surface area contributed by atoms with Gasteiger partial charge in [-0.1, -0.05) is 0 Å². The van der Waals surface area contributed by atoms with E-state index >= 15 is 0 Å². The van der Waals surface area contributed by atoms with Crippen LogP contribution in [0.1, 0.15) is 12.8 Å². The summed E-state index contributed by atoms with van der Waals surface area (Å²) in [5.74, 6) is -1.26. The first-order valence-corrected chi connectivity index (χ1v) is 6.68. The fraction of sp³-hybridized carbons (Fsp3) is 0.333. The third-order valence-corrected chi connectivity index (χ3v) is 2.95. The van der Waals surface area contributed by atoms with Gasteiger partial charge in [-0.25, -0.2) is 0 Å². The quantitative estimate of drug-likeness (QED) is 0.770. The molecule has 112 valence electrons. The van der Waals surface area contributed by atoms with E-state index in [2.05, 4.69) is 5.32 Å². The first-order chi connectivity index (χ1) is 10.1. The lowest BCUT2D eigenvalue weighted by Gasteiger charge is -2.11. The molecule has 0 spiro atoms. The number of anilines is 1. The van der Waals surface area contributed by atoms with Crippen molar-refractivity contribution in [3.63, 3.8) is 0 Å². The molecule has 0 bridgehead atoms. The van der Waals surface area contributed by atoms with E-state index in [1.165, 1.54) is 0 Å². The van der Waals surface area contributed by atoms with Crippen molar-refractivity contribution in [3.8, 4) is 5.75 Å². The Kier molecular flexibility index (Phi) is 5.34. The number of aliphatic carboxylic acids is 1. The topological polar surface area (TPSA) is 87.7 Å². The Labute approximate surface area is 122 Å². The van der Waals surface area contributed by atoms with Crippen molar-refractivity contribution in [2.24, 2.45) is 0 Å². The third kappa shape index (κ3) is 5.27. The zero-order valence-electron chi connectivity index (χ0n) is 11.4. The van der Waals surface area contributed by atoms with E-state index in [0.717, 1.165) is 25.5 Å². The second-order valence-corrected chi connectivity index (χ2v) is 4.61. The molecule has 2 rings (SSSR count). The maximum absolute atomic E-state index is 11.4. The lowest BCUT2D eigenvalue weighted by molar-refractivity contribution is -0.297. The first kappa shape index (κ1) is 15.1. The summed E-state index contributed by atoms with van der Waals surface area (Å²) >= 11 is 0. The van der Waals surface area contributed by atoms with Crippen LogP contribution in [-0.4, -0.2) is 31.2 Å². The third-order valence-electron chi connectivity index (χ3n) is 2.95. The number of benzene rings is 1. The summed E-state index contributed by atoms with van der Waals surface area (Å²) in [6.07, 6.45) is 3.81. The van der Waals surface area contributed by atoms with Crippen LogP contribution >= 0.6 is 0 Å². The molecule has 1 aliphatic heterocycles. The Hall–Kier alpha value is -2.34. The minimum absolute atomic E-state index is 0.152. The van der Waals surface area contributed by atoms with Crippen molar-refractivity contribution in [1.82, 2.24) is 0 Å². The number of rotatable bonds is 6. The first-order valence-electron chi connectivity index (χ1n) is 6.68. The second-order valence-electron chi connectivity index (χ2n) is 4.61. The van der Waals surface area contributed by atoms with Gasteiger partial charge in [-0.15, -0.1) is 0 Å². The Morgan fingerprint density at radius 2 is 2.10 bits per heavy atom. The smallest absolute Gasteiger partial charge is 0.248 e. The average Bonchev–Trinajstić information content (AvgIpc) is 2.98. The minimum atomic E-state index is -1.41. The number of carboxylic acid groups (broad SMARTS) is 1. The van der Waals surface area contributed by atoms with E-state index in [4.69, 9.17) is 9.47 Å². The van der Waals surface area contributed by atoms with E-state index in [-0.39, 0.29) is 6.10 Å². The van der Waals surface area contributed by atoms with Gasteiger partial charge in [0.25, 0.3) is 0 Å². The fourth-order valence-electron chi connectivity index (χ4n) is 1.93. The highest BCUT2D eigenvalue weighted by molar-refractivity contribution is 6.02. The summed E-state index contributed by atoms with van der Waals surface area (Å²) in [4.78, 5) is 21.5. The van der Waals surface area contributed by atoms with Crippen LogP contribution in [0, 0.1) is 0 Å². The summed E-state index contributed by atoms with van der Waals surface area (Å²) < 4.78 is 11.0. The number of amides is 1. The van der Waals surface area contributed by atoms with Crippen molar-refractivity contribution in [2.75, 3.05) is 18.5 Å². The maximum Gasteiger partial charge on any atom is 0.248 e. The molecule has 21 heavy (non-hydrogen) atoms. The molecule has 0 aromatic heterocycles. The molecule has 0 radical (unpaired) electrons. The molecule has 0 saturated carbocycles. The van der Waals surface area contributed by atoms with E-state index in [1.54, 1.807) is 24.3 Å². The molecule has 1 saturated heterocycles. The molecule has 1 N–H and O–H groups in total. The van der Waals surface area contributed by atoms with Gasteiger partial charge in [0, 0.05) is 18.4 Å². The lowest BCUT2D eigenvalue weighted by atomic mass is 10.2. The zero-order valence-corrected chi connectivity index (χ0v) is 11.4. The predicted octanol–water partition coefficient (Wildman–Crippen LogP) is 0.489. The Morgan fingerprint density at radius 3 is 2.71 bits per heavy atom. The highest BCUT2D eigenvalue weighted by Crippen LogP contribution is 2.18. The molecule has 1 aliphatic rings. The summed E-state index contributed by atoms with van der Waals surface area (Å²) in [7, 11) is 0. The molecular formula is C15H16NO5-. The van der Waals surface area contributed by atoms with Crippen molar-refractivity contribution in [3.05, 3.63) is 36.4 Å². The SMILES string of the molecule is O=C([O-])/C=C/C(=O)Nc1ccc(OC[C@H]2CCCO2)cc1. The van der Waals surface area contributed by atoms with E-state index in [9.17, 15) is 14.7 Å². The monoisotopic (exact) mass is 290 g/mol. The van der Waals surface area contributed by atoms with E-state index in [1.807, 2.05) is 0 Å². The normalized spacial score (nSPS) is 17.8. The number of hydrogen-bond donors (Lipinski definition) is 1. The van der Waals surface area contributed by atoms with E-state index < -0.39 is 11.9 Å². The molecule has 1 atom stereocenters. The molecule has 6 heteroatoms. The number of carbonyl (C=O) groups excluding carboxylic acids is 2. The standard InChI is InChI=1S/C15H17NO5/c17-14(7-8-15(18)19)16-11-3-5-12(6-4-11)21-10-13-2-1-9-20-13/h3-8,13H,1-2,9-10H2,(H,16,17)(H,18,19)/p-1/b8-7+/t13-/m1/s1. The van der Waals surface area contributed by atoms with Crippen molar-refractivity contribution in [2.45, 2.75) is 18.9 Å². The highest BCUT2D eigenvalue weighted by atomic mass is 16.5. The Bertz CT molecular complexity index is 517. The summed E-state index contributed by atoms with van der Waals surface area (Å²) in [6.45, 7) is 1.30. The van der Waals surface area contributed by atoms with Crippen LogP contribution in [0.2, 0.25) is 0 Å². The van der Waals surface area contributed by atoms with Gasteiger partial charge in [0.1, 0.15) is 12.4 Å².